The summed E-state index contributed by atoms with van der Waals surface area (Å²) in [5.74, 6) is 0.335. The van der Waals surface area contributed by atoms with Crippen molar-refractivity contribution in [3.05, 3.63) is 52.3 Å². The number of nitrogens with zero attached hydrogens (tertiary/aromatic N) is 2. The number of benzene rings is 2. The first-order valence-electron chi connectivity index (χ1n) is 10.1. The lowest BCUT2D eigenvalue weighted by Crippen LogP contribution is -2.36. The van der Waals surface area contributed by atoms with Gasteiger partial charge in [-0.3, -0.25) is 14.5 Å². The molecule has 7 nitrogen and oxygen atoms in total. The van der Waals surface area contributed by atoms with E-state index in [4.69, 9.17) is 21.1 Å². The monoisotopic (exact) mass is 447 g/mol. The molecule has 0 radical (unpaired) electrons. The summed E-state index contributed by atoms with van der Waals surface area (Å²) >= 11 is 5.87. The number of anilines is 1. The van der Waals surface area contributed by atoms with Gasteiger partial charge in [-0.2, -0.15) is 0 Å². The molecule has 4 rings (SSSR count). The number of imide groups is 1. The third-order valence-electron chi connectivity index (χ3n) is 5.45. The molecule has 0 spiro atoms. The highest BCUT2D eigenvalue weighted by atomic mass is 35.5. The molecule has 2 aromatic rings. The van der Waals surface area contributed by atoms with Gasteiger partial charge in [0.05, 0.1) is 24.4 Å². The molecular weight excluding hydrogens is 425 g/mol. The number of fused-ring (bicyclic) bond motifs is 1. The van der Waals surface area contributed by atoms with E-state index in [2.05, 4.69) is 5.43 Å². The Balaban J connectivity index is 1.35. The van der Waals surface area contributed by atoms with Crippen LogP contribution in [0.5, 0.6) is 11.5 Å². The number of rotatable bonds is 8. The van der Waals surface area contributed by atoms with Crippen LogP contribution in [0.15, 0.2) is 30.3 Å². The van der Waals surface area contributed by atoms with Crippen LogP contribution >= 0.6 is 11.6 Å². The van der Waals surface area contributed by atoms with Crippen molar-refractivity contribution in [2.45, 2.75) is 25.8 Å². The molecule has 0 aromatic heterocycles. The number of hydrazine groups is 1. The Morgan fingerprint density at radius 3 is 2.61 bits per heavy atom. The standard InChI is InChI=1S/C22H23ClFN3O4/c1-30-20-10-14(2-3-19(20)31-9-8-26-21(28)4-5-22(26)29)13-25-27-7-6-15-11-16(23)17(24)12-18(15)27/h2-3,10-12,25H,4-9,13H2,1H3. The molecule has 164 valence electrons. The highest BCUT2D eigenvalue weighted by Crippen LogP contribution is 2.32. The van der Waals surface area contributed by atoms with Gasteiger partial charge >= 0.3 is 0 Å². The summed E-state index contributed by atoms with van der Waals surface area (Å²) in [6, 6.07) is 8.67. The van der Waals surface area contributed by atoms with Gasteiger partial charge < -0.3 is 14.5 Å². The van der Waals surface area contributed by atoms with E-state index in [-0.39, 0.29) is 42.8 Å². The average molecular weight is 448 g/mol. The van der Waals surface area contributed by atoms with Crippen molar-refractivity contribution in [1.29, 1.82) is 0 Å². The predicted molar refractivity (Wildman–Crippen MR) is 114 cm³/mol. The number of amides is 2. The van der Waals surface area contributed by atoms with E-state index in [0.29, 0.717) is 18.0 Å². The molecule has 2 amide bonds. The Hall–Kier alpha value is -2.84. The van der Waals surface area contributed by atoms with Gasteiger partial charge in [0.1, 0.15) is 12.4 Å². The van der Waals surface area contributed by atoms with Crippen molar-refractivity contribution < 1.29 is 23.5 Å². The molecule has 2 aliphatic rings. The van der Waals surface area contributed by atoms with Crippen molar-refractivity contribution in [3.8, 4) is 11.5 Å². The van der Waals surface area contributed by atoms with E-state index in [0.717, 1.165) is 29.8 Å². The maximum Gasteiger partial charge on any atom is 0.229 e. The quantitative estimate of drug-likeness (QED) is 0.627. The van der Waals surface area contributed by atoms with Crippen LogP contribution in [0, 0.1) is 5.82 Å². The number of carbonyl (C=O) groups is 2. The molecule has 0 bridgehead atoms. The Morgan fingerprint density at radius 2 is 1.87 bits per heavy atom. The summed E-state index contributed by atoms with van der Waals surface area (Å²) in [7, 11) is 1.55. The summed E-state index contributed by atoms with van der Waals surface area (Å²) in [4.78, 5) is 24.6. The normalized spacial score (nSPS) is 15.6. The summed E-state index contributed by atoms with van der Waals surface area (Å²) in [6.45, 7) is 1.65. The number of hydrogen-bond donors (Lipinski definition) is 1. The fraction of sp³-hybridized carbons (Fsp3) is 0.364. The predicted octanol–water partition coefficient (Wildman–Crippen LogP) is 3.08. The van der Waals surface area contributed by atoms with E-state index in [9.17, 15) is 14.0 Å². The maximum absolute atomic E-state index is 13.8. The summed E-state index contributed by atoms with van der Waals surface area (Å²) in [5, 5.41) is 2.05. The third kappa shape index (κ3) is 4.60. The van der Waals surface area contributed by atoms with Crippen molar-refractivity contribution in [3.63, 3.8) is 0 Å². The number of ether oxygens (including phenoxy) is 2. The van der Waals surface area contributed by atoms with Gasteiger partial charge in [0.2, 0.25) is 11.8 Å². The molecule has 2 aliphatic heterocycles. The molecule has 0 unspecified atom stereocenters. The van der Waals surface area contributed by atoms with Crippen LogP contribution in [0.1, 0.15) is 24.0 Å². The van der Waals surface area contributed by atoms with Crippen molar-refractivity contribution in [2.24, 2.45) is 0 Å². The Bertz CT molecular complexity index is 1000. The fourth-order valence-corrected chi connectivity index (χ4v) is 3.98. The number of nitrogens with one attached hydrogen (secondary N) is 1. The molecule has 31 heavy (non-hydrogen) atoms. The van der Waals surface area contributed by atoms with Gasteiger partial charge in [-0.1, -0.05) is 17.7 Å². The Labute approximate surface area is 184 Å². The molecule has 1 saturated heterocycles. The molecule has 2 heterocycles. The fourth-order valence-electron chi connectivity index (χ4n) is 3.79. The molecule has 0 atom stereocenters. The first-order valence-corrected chi connectivity index (χ1v) is 10.5. The highest BCUT2D eigenvalue weighted by molar-refractivity contribution is 6.30. The van der Waals surface area contributed by atoms with E-state index in [1.54, 1.807) is 19.2 Å². The van der Waals surface area contributed by atoms with Crippen molar-refractivity contribution >= 4 is 29.1 Å². The molecular formula is C22H23ClFN3O4. The largest absolute Gasteiger partial charge is 0.493 e. The second kappa shape index (κ2) is 9.11. The van der Waals surface area contributed by atoms with Crippen LogP contribution in [-0.4, -0.2) is 43.5 Å². The SMILES string of the molecule is COc1cc(CNN2CCc3cc(Cl)c(F)cc32)ccc1OCCN1C(=O)CCC1=O. The van der Waals surface area contributed by atoms with Crippen LogP contribution in [0.4, 0.5) is 10.1 Å². The zero-order valence-electron chi connectivity index (χ0n) is 17.1. The summed E-state index contributed by atoms with van der Waals surface area (Å²) < 4.78 is 25.0. The van der Waals surface area contributed by atoms with Crippen LogP contribution in [0.3, 0.4) is 0 Å². The van der Waals surface area contributed by atoms with E-state index in [1.165, 1.54) is 11.0 Å². The topological polar surface area (TPSA) is 71.1 Å². The minimum Gasteiger partial charge on any atom is -0.493 e. The number of hydrogen-bond acceptors (Lipinski definition) is 6. The van der Waals surface area contributed by atoms with Gasteiger partial charge in [-0.05, 0) is 35.7 Å². The molecule has 2 aromatic carbocycles. The zero-order valence-corrected chi connectivity index (χ0v) is 17.9. The molecule has 1 fully saturated rings. The van der Waals surface area contributed by atoms with E-state index < -0.39 is 5.82 Å². The van der Waals surface area contributed by atoms with Gasteiger partial charge in [0, 0.05) is 32.0 Å². The van der Waals surface area contributed by atoms with Crippen LogP contribution in [0.25, 0.3) is 0 Å². The Morgan fingerprint density at radius 1 is 1.10 bits per heavy atom. The van der Waals surface area contributed by atoms with Crippen LogP contribution < -0.4 is 19.9 Å². The van der Waals surface area contributed by atoms with Crippen molar-refractivity contribution in [1.82, 2.24) is 10.3 Å². The lowest BCUT2D eigenvalue weighted by molar-refractivity contribution is -0.138. The van der Waals surface area contributed by atoms with Gasteiger partial charge in [0.25, 0.3) is 0 Å². The lowest BCUT2D eigenvalue weighted by Gasteiger charge is -2.21. The second-order valence-corrected chi connectivity index (χ2v) is 7.81. The summed E-state index contributed by atoms with van der Waals surface area (Å²) in [6.07, 6.45) is 1.33. The number of carbonyl (C=O) groups excluding carboxylic acids is 2. The lowest BCUT2D eigenvalue weighted by atomic mass is 10.2. The zero-order chi connectivity index (χ0) is 22.0. The van der Waals surface area contributed by atoms with Gasteiger partial charge in [-0.25, -0.2) is 9.82 Å². The minimum atomic E-state index is -0.436. The first-order chi connectivity index (χ1) is 15.0. The maximum atomic E-state index is 13.8. The number of methoxy groups -OCH3 is 1. The van der Waals surface area contributed by atoms with Crippen LogP contribution in [-0.2, 0) is 22.6 Å². The van der Waals surface area contributed by atoms with Gasteiger partial charge in [-0.15, -0.1) is 0 Å². The van der Waals surface area contributed by atoms with Crippen LogP contribution in [0.2, 0.25) is 5.02 Å². The summed E-state index contributed by atoms with van der Waals surface area (Å²) in [5.41, 5.74) is 6.06. The third-order valence-corrected chi connectivity index (χ3v) is 5.74. The molecule has 9 heteroatoms. The minimum absolute atomic E-state index is 0.138. The van der Waals surface area contributed by atoms with E-state index >= 15 is 0 Å². The second-order valence-electron chi connectivity index (χ2n) is 7.40. The smallest absolute Gasteiger partial charge is 0.229 e. The highest BCUT2D eigenvalue weighted by Gasteiger charge is 2.28. The average Bonchev–Trinajstić information content (AvgIpc) is 3.30. The molecule has 0 saturated carbocycles. The first kappa shape index (κ1) is 21.4. The van der Waals surface area contributed by atoms with Crippen molar-refractivity contribution in [2.75, 3.05) is 31.8 Å². The molecule has 1 N–H and O–H groups in total. The Kier molecular flexibility index (Phi) is 6.29. The number of likely N-dealkylation sites (tertiary alicyclic amines) is 1. The van der Waals surface area contributed by atoms with E-state index in [1.807, 2.05) is 17.1 Å². The van der Waals surface area contributed by atoms with Gasteiger partial charge in [0.15, 0.2) is 11.5 Å². The molecule has 0 aliphatic carbocycles. The number of halogens is 2.